The van der Waals surface area contributed by atoms with E-state index >= 15 is 0 Å². The Labute approximate surface area is 142 Å². The summed E-state index contributed by atoms with van der Waals surface area (Å²) in [7, 11) is 0. The van der Waals surface area contributed by atoms with Crippen LogP contribution in [0.4, 0.5) is 18.9 Å². The minimum Gasteiger partial charge on any atom is -0.465 e. The highest BCUT2D eigenvalue weighted by atomic mass is 35.5. The molecule has 0 saturated carbocycles. The van der Waals surface area contributed by atoms with Crippen LogP contribution in [-0.2, 0) is 15.7 Å². The predicted molar refractivity (Wildman–Crippen MR) is 86.2 cm³/mol. The number of carbonyl (C=O) groups is 1. The van der Waals surface area contributed by atoms with Crippen LogP contribution in [0.15, 0.2) is 18.2 Å². The topological polar surface area (TPSA) is 29.5 Å². The van der Waals surface area contributed by atoms with Crippen molar-refractivity contribution in [1.29, 1.82) is 0 Å². The van der Waals surface area contributed by atoms with Crippen LogP contribution in [0.1, 0.15) is 18.9 Å². The van der Waals surface area contributed by atoms with Gasteiger partial charge in [-0.3, -0.25) is 4.79 Å². The molecule has 0 aromatic heterocycles. The summed E-state index contributed by atoms with van der Waals surface area (Å²) < 4.78 is 43.6. The normalized spacial score (nSPS) is 18.3. The first-order chi connectivity index (χ1) is 10.8. The molecule has 2 rings (SSSR count). The Bertz CT molecular complexity index is 568. The molecule has 0 radical (unpaired) electrons. The zero-order chi connectivity index (χ0) is 17.0. The van der Waals surface area contributed by atoms with E-state index < -0.39 is 11.7 Å². The van der Waals surface area contributed by atoms with E-state index in [1.54, 1.807) is 13.0 Å². The molecule has 8 heteroatoms. The van der Waals surface area contributed by atoms with E-state index in [0.717, 1.165) is 12.5 Å². The third kappa shape index (κ3) is 4.94. The van der Waals surface area contributed by atoms with Crippen molar-refractivity contribution >= 4 is 35.0 Å². The molecule has 1 atom stereocenters. The van der Waals surface area contributed by atoms with E-state index in [-0.39, 0.29) is 22.0 Å². The Morgan fingerprint density at radius 1 is 1.48 bits per heavy atom. The lowest BCUT2D eigenvalue weighted by atomic mass is 10.2. The van der Waals surface area contributed by atoms with E-state index in [1.807, 2.05) is 4.90 Å². The number of nitrogens with zero attached hydrogens (tertiary/aromatic N) is 1. The predicted octanol–water partition coefficient (Wildman–Crippen LogP) is 4.23. The van der Waals surface area contributed by atoms with Crippen molar-refractivity contribution in [3.05, 3.63) is 28.8 Å². The number of hydrogen-bond acceptors (Lipinski definition) is 4. The van der Waals surface area contributed by atoms with Gasteiger partial charge in [0.1, 0.15) is 0 Å². The zero-order valence-corrected chi connectivity index (χ0v) is 14.1. The maximum Gasteiger partial charge on any atom is 0.417 e. The summed E-state index contributed by atoms with van der Waals surface area (Å²) >= 11 is 7.12. The lowest BCUT2D eigenvalue weighted by molar-refractivity contribution is -0.140. The van der Waals surface area contributed by atoms with Crippen LogP contribution in [0, 0.1) is 0 Å². The Morgan fingerprint density at radius 3 is 2.87 bits per heavy atom. The zero-order valence-electron chi connectivity index (χ0n) is 12.5. The van der Waals surface area contributed by atoms with Gasteiger partial charge in [0.25, 0.3) is 0 Å². The third-order valence-corrected chi connectivity index (χ3v) is 5.10. The molecule has 0 amide bonds. The van der Waals surface area contributed by atoms with Crippen LogP contribution in [0.5, 0.6) is 0 Å². The number of ether oxygens (including phenoxy) is 1. The van der Waals surface area contributed by atoms with Gasteiger partial charge >= 0.3 is 12.1 Å². The number of thioether (sulfide) groups is 1. The van der Waals surface area contributed by atoms with Gasteiger partial charge in [-0.2, -0.15) is 13.2 Å². The second kappa shape index (κ2) is 7.66. The second-order valence-electron chi connectivity index (χ2n) is 5.13. The SMILES string of the molecule is CCOC(=O)CSC1CCN(c2ccc(Cl)c(C(F)(F)F)c2)C1. The number of benzene rings is 1. The fourth-order valence-electron chi connectivity index (χ4n) is 2.41. The highest BCUT2D eigenvalue weighted by molar-refractivity contribution is 8.00. The first-order valence-electron chi connectivity index (χ1n) is 7.20. The number of hydrogen-bond donors (Lipinski definition) is 0. The van der Waals surface area contributed by atoms with E-state index in [2.05, 4.69) is 0 Å². The molecule has 128 valence electrons. The van der Waals surface area contributed by atoms with Gasteiger partial charge in [-0.25, -0.2) is 0 Å². The summed E-state index contributed by atoms with van der Waals surface area (Å²) in [5.41, 5.74) is -0.319. The highest BCUT2D eigenvalue weighted by Crippen LogP contribution is 2.38. The van der Waals surface area contributed by atoms with Gasteiger partial charge < -0.3 is 9.64 Å². The van der Waals surface area contributed by atoms with Gasteiger partial charge in [-0.05, 0) is 31.5 Å². The second-order valence-corrected chi connectivity index (χ2v) is 6.83. The smallest absolute Gasteiger partial charge is 0.417 e. The van der Waals surface area contributed by atoms with Gasteiger partial charge in [0.2, 0.25) is 0 Å². The van der Waals surface area contributed by atoms with Crippen molar-refractivity contribution < 1.29 is 22.7 Å². The van der Waals surface area contributed by atoms with E-state index in [0.29, 0.717) is 25.4 Å². The van der Waals surface area contributed by atoms with Crippen LogP contribution in [0.25, 0.3) is 0 Å². The molecule has 1 aliphatic rings. The number of anilines is 1. The van der Waals surface area contributed by atoms with Gasteiger partial charge in [-0.1, -0.05) is 11.6 Å². The van der Waals surface area contributed by atoms with Crippen molar-refractivity contribution in [2.45, 2.75) is 24.8 Å². The summed E-state index contributed by atoms with van der Waals surface area (Å²) in [6.45, 7) is 3.35. The molecule has 1 unspecified atom stereocenters. The molecule has 3 nitrogen and oxygen atoms in total. The van der Waals surface area contributed by atoms with Crippen LogP contribution in [0.3, 0.4) is 0 Å². The van der Waals surface area contributed by atoms with Gasteiger partial charge in [0.05, 0.1) is 22.9 Å². The molecule has 23 heavy (non-hydrogen) atoms. The summed E-state index contributed by atoms with van der Waals surface area (Å²) in [6.07, 6.45) is -3.65. The molecular formula is C15H17ClF3NO2S. The first kappa shape index (κ1) is 18.3. The van der Waals surface area contributed by atoms with E-state index in [4.69, 9.17) is 16.3 Å². The largest absolute Gasteiger partial charge is 0.465 e. The summed E-state index contributed by atoms with van der Waals surface area (Å²) in [4.78, 5) is 13.2. The number of esters is 1. The molecule has 1 fully saturated rings. The fourth-order valence-corrected chi connectivity index (χ4v) is 3.65. The Hall–Kier alpha value is -1.08. The standard InChI is InChI=1S/C15H17ClF3NO2S/c1-2-22-14(21)9-23-11-5-6-20(8-11)10-3-4-13(16)12(7-10)15(17,18)19/h3-4,7,11H,2,5-6,8-9H2,1H3. The van der Waals surface area contributed by atoms with Crippen molar-refractivity contribution in [1.82, 2.24) is 0 Å². The molecule has 0 aliphatic carbocycles. The van der Waals surface area contributed by atoms with E-state index in [9.17, 15) is 18.0 Å². The average molecular weight is 368 g/mol. The molecular weight excluding hydrogens is 351 g/mol. The maximum atomic E-state index is 12.9. The summed E-state index contributed by atoms with van der Waals surface area (Å²) in [6, 6.07) is 3.95. The number of carbonyl (C=O) groups excluding carboxylic acids is 1. The van der Waals surface area contributed by atoms with Crippen LogP contribution in [-0.4, -0.2) is 36.7 Å². The Balaban J connectivity index is 1.98. The fraction of sp³-hybridized carbons (Fsp3) is 0.533. The minimum atomic E-state index is -4.47. The summed E-state index contributed by atoms with van der Waals surface area (Å²) in [5.74, 6) is 0.00243. The monoisotopic (exact) mass is 367 g/mol. The average Bonchev–Trinajstić information content (AvgIpc) is 2.93. The van der Waals surface area contributed by atoms with Crippen molar-refractivity contribution in [3.63, 3.8) is 0 Å². The quantitative estimate of drug-likeness (QED) is 0.728. The molecule has 0 spiro atoms. The minimum absolute atomic E-state index is 0.199. The maximum absolute atomic E-state index is 12.9. The molecule has 1 aliphatic heterocycles. The molecule has 1 aromatic carbocycles. The van der Waals surface area contributed by atoms with Gasteiger partial charge in [0, 0.05) is 24.0 Å². The van der Waals surface area contributed by atoms with Crippen molar-refractivity contribution in [2.75, 3.05) is 30.3 Å². The van der Waals surface area contributed by atoms with Crippen LogP contribution < -0.4 is 4.90 Å². The highest BCUT2D eigenvalue weighted by Gasteiger charge is 2.34. The van der Waals surface area contributed by atoms with Crippen molar-refractivity contribution in [3.8, 4) is 0 Å². The number of halogens is 4. The van der Waals surface area contributed by atoms with Crippen LogP contribution in [0.2, 0.25) is 5.02 Å². The summed E-state index contributed by atoms with van der Waals surface area (Å²) in [5, 5.41) is -0.0990. The molecule has 0 bridgehead atoms. The number of alkyl halides is 3. The molecule has 1 aromatic rings. The van der Waals surface area contributed by atoms with Gasteiger partial charge in [-0.15, -0.1) is 11.8 Å². The third-order valence-electron chi connectivity index (χ3n) is 3.51. The lowest BCUT2D eigenvalue weighted by Gasteiger charge is -2.20. The molecule has 0 N–H and O–H groups in total. The van der Waals surface area contributed by atoms with Crippen molar-refractivity contribution in [2.24, 2.45) is 0 Å². The molecule has 1 saturated heterocycles. The van der Waals surface area contributed by atoms with Gasteiger partial charge in [0.15, 0.2) is 0 Å². The Morgan fingerprint density at radius 2 is 2.22 bits per heavy atom. The number of rotatable bonds is 5. The Kier molecular flexibility index (Phi) is 6.08. The van der Waals surface area contributed by atoms with Crippen LogP contribution >= 0.6 is 23.4 Å². The lowest BCUT2D eigenvalue weighted by Crippen LogP contribution is -2.21. The molecule has 1 heterocycles. The van der Waals surface area contributed by atoms with E-state index in [1.165, 1.54) is 17.8 Å². The first-order valence-corrected chi connectivity index (χ1v) is 8.63.